The summed E-state index contributed by atoms with van der Waals surface area (Å²) >= 11 is 6.51. The number of sulfonamides is 1. The van der Waals surface area contributed by atoms with E-state index in [4.69, 9.17) is 11.6 Å². The van der Waals surface area contributed by atoms with E-state index in [0.29, 0.717) is 28.3 Å². The molecule has 0 atom stereocenters. The molecular weight excluding hydrogens is 464 g/mol. The molecule has 4 rings (SSSR count). The van der Waals surface area contributed by atoms with Crippen molar-refractivity contribution in [2.45, 2.75) is 44.2 Å². The van der Waals surface area contributed by atoms with Gasteiger partial charge in [-0.1, -0.05) is 11.6 Å². The number of hydrogen-bond donors (Lipinski definition) is 2. The lowest BCUT2D eigenvalue weighted by Gasteiger charge is -2.18. The predicted molar refractivity (Wildman–Crippen MR) is 123 cm³/mol. The summed E-state index contributed by atoms with van der Waals surface area (Å²) in [5.41, 5.74) is 3.65. The number of carbonyl (C=O) groups is 1. The molecule has 0 radical (unpaired) electrons. The van der Waals surface area contributed by atoms with E-state index in [2.05, 4.69) is 15.4 Å². The number of nitrogens with one attached hydrogen (secondary N) is 2. The van der Waals surface area contributed by atoms with Gasteiger partial charge in [0.1, 0.15) is 11.8 Å². The Balaban J connectivity index is 1.69. The number of aromatic nitrogens is 3. The van der Waals surface area contributed by atoms with Gasteiger partial charge in [0.05, 0.1) is 5.69 Å². The minimum absolute atomic E-state index is 0.0272. The molecule has 0 bridgehead atoms. The first kappa shape index (κ1) is 22.8. The van der Waals surface area contributed by atoms with Gasteiger partial charge in [0.25, 0.3) is 10.0 Å². The van der Waals surface area contributed by atoms with E-state index in [1.165, 1.54) is 23.1 Å². The molecule has 2 heterocycles. The zero-order valence-corrected chi connectivity index (χ0v) is 19.5. The van der Waals surface area contributed by atoms with Gasteiger partial charge in [-0.15, -0.1) is 0 Å². The smallest absolute Gasteiger partial charge is 0.306 e. The van der Waals surface area contributed by atoms with Crippen molar-refractivity contribution in [3.63, 3.8) is 0 Å². The molecule has 1 aliphatic rings. The SMILES string of the molecule is CC(C)n1ccc(S(=O)(=O)NC(=O)Nc2c(-c3ccnc(C#N)c3)cc(Cl)c3c2CCC3)n1. The molecular formula is C22H21ClN6O3S. The highest BCUT2D eigenvalue weighted by Crippen LogP contribution is 2.41. The average Bonchev–Trinajstić information content (AvgIpc) is 3.46. The zero-order chi connectivity index (χ0) is 23.8. The normalized spacial score (nSPS) is 12.9. The molecule has 0 unspecified atom stereocenters. The van der Waals surface area contributed by atoms with Crippen molar-refractivity contribution in [3.05, 3.63) is 58.5 Å². The van der Waals surface area contributed by atoms with Gasteiger partial charge < -0.3 is 5.32 Å². The number of carbonyl (C=O) groups excluding carboxylic acids is 1. The molecule has 2 N–H and O–H groups in total. The van der Waals surface area contributed by atoms with Crippen molar-refractivity contribution in [3.8, 4) is 17.2 Å². The van der Waals surface area contributed by atoms with Gasteiger partial charge in [-0.2, -0.15) is 18.8 Å². The molecule has 33 heavy (non-hydrogen) atoms. The van der Waals surface area contributed by atoms with Gasteiger partial charge >= 0.3 is 6.03 Å². The van der Waals surface area contributed by atoms with Crippen LogP contribution in [0.15, 0.2) is 41.7 Å². The van der Waals surface area contributed by atoms with Gasteiger partial charge in [-0.3, -0.25) is 4.68 Å². The van der Waals surface area contributed by atoms with Crippen molar-refractivity contribution in [2.24, 2.45) is 0 Å². The maximum atomic E-state index is 12.8. The number of hydrogen-bond acceptors (Lipinski definition) is 6. The van der Waals surface area contributed by atoms with Crippen LogP contribution in [0.2, 0.25) is 5.02 Å². The molecule has 0 spiro atoms. The van der Waals surface area contributed by atoms with Crippen LogP contribution in [0, 0.1) is 11.3 Å². The van der Waals surface area contributed by atoms with Crippen molar-refractivity contribution >= 4 is 33.3 Å². The van der Waals surface area contributed by atoms with Gasteiger partial charge in [0.15, 0.2) is 5.03 Å². The van der Waals surface area contributed by atoms with Crippen molar-refractivity contribution < 1.29 is 13.2 Å². The Morgan fingerprint density at radius 2 is 2.00 bits per heavy atom. The summed E-state index contributed by atoms with van der Waals surface area (Å²) in [5.74, 6) is 0. The fourth-order valence-electron chi connectivity index (χ4n) is 3.83. The van der Waals surface area contributed by atoms with Crippen molar-refractivity contribution in [1.82, 2.24) is 19.5 Å². The topological polar surface area (TPSA) is 130 Å². The number of urea groups is 1. The molecule has 0 saturated heterocycles. The second kappa shape index (κ2) is 8.84. The number of halogens is 1. The number of nitriles is 1. The van der Waals surface area contributed by atoms with Crippen LogP contribution in [0.25, 0.3) is 11.1 Å². The lowest BCUT2D eigenvalue weighted by molar-refractivity contribution is 0.256. The summed E-state index contributed by atoms with van der Waals surface area (Å²) in [4.78, 5) is 16.8. The Morgan fingerprint density at radius 3 is 2.70 bits per heavy atom. The number of benzene rings is 1. The molecule has 3 aromatic rings. The van der Waals surface area contributed by atoms with Crippen LogP contribution < -0.4 is 10.0 Å². The van der Waals surface area contributed by atoms with E-state index in [1.54, 1.807) is 18.2 Å². The minimum Gasteiger partial charge on any atom is -0.306 e. The highest BCUT2D eigenvalue weighted by Gasteiger charge is 2.26. The first-order chi connectivity index (χ1) is 15.7. The summed E-state index contributed by atoms with van der Waals surface area (Å²) in [6.45, 7) is 3.73. The maximum absolute atomic E-state index is 12.8. The van der Waals surface area contributed by atoms with Crippen LogP contribution in [0.3, 0.4) is 0 Å². The largest absolute Gasteiger partial charge is 0.333 e. The maximum Gasteiger partial charge on any atom is 0.333 e. The first-order valence-electron chi connectivity index (χ1n) is 10.3. The zero-order valence-electron chi connectivity index (χ0n) is 18.0. The molecule has 11 heteroatoms. The summed E-state index contributed by atoms with van der Waals surface area (Å²) in [6, 6.07) is 7.39. The summed E-state index contributed by atoms with van der Waals surface area (Å²) in [5, 5.41) is 16.3. The Labute approximate surface area is 196 Å². The van der Waals surface area contributed by atoms with Crippen LogP contribution in [0.4, 0.5) is 10.5 Å². The Kier molecular flexibility index (Phi) is 6.10. The van der Waals surface area contributed by atoms with E-state index in [1.807, 2.05) is 24.6 Å². The number of fused-ring (bicyclic) bond motifs is 1. The summed E-state index contributed by atoms with van der Waals surface area (Å²) in [6.07, 6.45) is 5.33. The average molecular weight is 485 g/mol. The number of rotatable bonds is 5. The van der Waals surface area contributed by atoms with Crippen LogP contribution in [0.1, 0.15) is 43.1 Å². The third kappa shape index (κ3) is 4.55. The quantitative estimate of drug-likeness (QED) is 0.561. The number of pyridine rings is 1. The molecule has 2 aromatic heterocycles. The van der Waals surface area contributed by atoms with Crippen molar-refractivity contribution in [2.75, 3.05) is 5.32 Å². The highest BCUT2D eigenvalue weighted by atomic mass is 35.5. The molecule has 0 saturated carbocycles. The summed E-state index contributed by atoms with van der Waals surface area (Å²) < 4.78 is 28.9. The van der Waals surface area contributed by atoms with E-state index in [-0.39, 0.29) is 16.8 Å². The van der Waals surface area contributed by atoms with Gasteiger partial charge in [0, 0.05) is 29.0 Å². The van der Waals surface area contributed by atoms with Crippen LogP contribution in [0.5, 0.6) is 0 Å². The number of nitrogens with zero attached hydrogens (tertiary/aromatic N) is 4. The highest BCUT2D eigenvalue weighted by molar-refractivity contribution is 7.90. The minimum atomic E-state index is -4.18. The van der Waals surface area contributed by atoms with E-state index in [0.717, 1.165) is 24.0 Å². The van der Waals surface area contributed by atoms with Crippen LogP contribution in [-0.4, -0.2) is 29.2 Å². The van der Waals surface area contributed by atoms with E-state index >= 15 is 0 Å². The lowest BCUT2D eigenvalue weighted by Crippen LogP contribution is -2.35. The second-order valence-corrected chi connectivity index (χ2v) is 9.96. The van der Waals surface area contributed by atoms with Crippen LogP contribution in [-0.2, 0) is 22.9 Å². The fourth-order valence-corrected chi connectivity index (χ4v) is 4.99. The monoisotopic (exact) mass is 484 g/mol. The lowest BCUT2D eigenvalue weighted by atomic mass is 9.97. The summed E-state index contributed by atoms with van der Waals surface area (Å²) in [7, 11) is -4.18. The Bertz CT molecular complexity index is 1390. The number of amides is 2. The first-order valence-corrected chi connectivity index (χ1v) is 12.2. The molecule has 2 amide bonds. The predicted octanol–water partition coefficient (Wildman–Crippen LogP) is 4.05. The van der Waals surface area contributed by atoms with E-state index in [9.17, 15) is 18.5 Å². The number of anilines is 1. The Hall–Kier alpha value is -3.42. The van der Waals surface area contributed by atoms with Gasteiger partial charge in [-0.05, 0) is 74.1 Å². The molecule has 1 aromatic carbocycles. The molecule has 9 nitrogen and oxygen atoms in total. The molecule has 170 valence electrons. The van der Waals surface area contributed by atoms with E-state index < -0.39 is 16.1 Å². The van der Waals surface area contributed by atoms with Crippen molar-refractivity contribution in [1.29, 1.82) is 5.26 Å². The van der Waals surface area contributed by atoms with Crippen LogP contribution >= 0.6 is 11.6 Å². The Morgan fingerprint density at radius 1 is 1.24 bits per heavy atom. The standard InChI is InChI=1S/C22H21ClN6O3S/c1-13(2)29-9-7-20(27-29)33(31,32)28-22(30)26-21-17-5-3-4-16(17)19(23)11-18(21)14-6-8-25-15(10-14)12-24/h6-11,13H,3-5H2,1-2H3,(H2,26,28,30). The third-order valence-electron chi connectivity index (χ3n) is 5.39. The second-order valence-electron chi connectivity index (χ2n) is 7.92. The molecule has 1 aliphatic carbocycles. The fraction of sp³-hybridized carbons (Fsp3) is 0.273. The van der Waals surface area contributed by atoms with Gasteiger partial charge in [-0.25, -0.2) is 14.5 Å². The molecule has 0 fully saturated rings. The molecule has 0 aliphatic heterocycles. The third-order valence-corrected chi connectivity index (χ3v) is 6.95. The van der Waals surface area contributed by atoms with Gasteiger partial charge in [0.2, 0.25) is 0 Å².